The molecule has 1 fully saturated rings. The first-order valence-corrected chi connectivity index (χ1v) is 10.2. The van der Waals surface area contributed by atoms with Gasteiger partial charge in [-0.1, -0.05) is 29.9 Å². The Labute approximate surface area is 154 Å². The first-order valence-electron chi connectivity index (χ1n) is 8.74. The molecule has 0 saturated heterocycles. The quantitative estimate of drug-likeness (QED) is 0.770. The van der Waals surface area contributed by atoms with Gasteiger partial charge in [-0.3, -0.25) is 0 Å². The maximum atomic E-state index is 11.9. The molecule has 8 heteroatoms. The molecular formula is C18H24N4O3S. The van der Waals surface area contributed by atoms with Gasteiger partial charge in [0.1, 0.15) is 0 Å². The number of anilines is 1. The van der Waals surface area contributed by atoms with Crippen LogP contribution in [0.15, 0.2) is 46.2 Å². The lowest BCUT2D eigenvalue weighted by molar-refractivity contribution is 0.323. The van der Waals surface area contributed by atoms with Gasteiger partial charge in [0, 0.05) is 23.1 Å². The molecule has 0 atom stereocenters. The summed E-state index contributed by atoms with van der Waals surface area (Å²) in [4.78, 5) is 0.159. The lowest BCUT2D eigenvalue weighted by Crippen LogP contribution is -2.38. The monoisotopic (exact) mass is 376 g/mol. The molecule has 1 saturated carbocycles. The van der Waals surface area contributed by atoms with Crippen molar-refractivity contribution in [2.75, 3.05) is 11.9 Å². The molecule has 0 aliphatic heterocycles. The fourth-order valence-corrected chi connectivity index (χ4v) is 3.90. The van der Waals surface area contributed by atoms with E-state index in [4.69, 9.17) is 4.42 Å². The lowest BCUT2D eigenvalue weighted by atomic mass is 9.86. The summed E-state index contributed by atoms with van der Waals surface area (Å²) >= 11 is 0. The van der Waals surface area contributed by atoms with Gasteiger partial charge in [-0.2, -0.15) is 0 Å². The van der Waals surface area contributed by atoms with Gasteiger partial charge in [0.05, 0.1) is 0 Å². The normalized spacial score (nSPS) is 20.7. The molecule has 0 unspecified atom stereocenters. The van der Waals surface area contributed by atoms with Crippen molar-refractivity contribution in [1.29, 1.82) is 0 Å². The lowest BCUT2D eigenvalue weighted by Gasteiger charge is -2.28. The fourth-order valence-electron chi connectivity index (χ4n) is 3.03. The van der Waals surface area contributed by atoms with Crippen LogP contribution in [0.5, 0.6) is 0 Å². The van der Waals surface area contributed by atoms with E-state index >= 15 is 0 Å². The highest BCUT2D eigenvalue weighted by Gasteiger charge is 2.25. The minimum Gasteiger partial charge on any atom is -0.403 e. The number of nitrogens with one attached hydrogen (secondary N) is 2. The Kier molecular flexibility index (Phi) is 5.73. The summed E-state index contributed by atoms with van der Waals surface area (Å²) in [5.41, 5.74) is 0.887. The van der Waals surface area contributed by atoms with Crippen molar-refractivity contribution in [1.82, 2.24) is 14.9 Å². The molecule has 0 amide bonds. The molecule has 1 aromatic heterocycles. The molecule has 1 aliphatic rings. The Morgan fingerprint density at radius 2 is 1.88 bits per heavy atom. The summed E-state index contributed by atoms with van der Waals surface area (Å²) in [5.74, 6) is 0.943. The van der Waals surface area contributed by atoms with Crippen LogP contribution in [0.3, 0.4) is 0 Å². The average molecular weight is 376 g/mol. The van der Waals surface area contributed by atoms with Crippen LogP contribution in [0.25, 0.3) is 11.5 Å². The Balaban J connectivity index is 1.46. The SMILES string of the molecule is C=C(C)S(=O)(=O)NC1CCC(CNc2nnc(-c3ccccc3)o2)CC1. The zero-order valence-corrected chi connectivity index (χ0v) is 15.6. The van der Waals surface area contributed by atoms with Crippen molar-refractivity contribution in [2.45, 2.75) is 38.6 Å². The number of benzene rings is 1. The molecule has 1 aliphatic carbocycles. The van der Waals surface area contributed by atoms with E-state index in [0.29, 0.717) is 17.8 Å². The highest BCUT2D eigenvalue weighted by Crippen LogP contribution is 2.26. The second-order valence-electron chi connectivity index (χ2n) is 6.70. The van der Waals surface area contributed by atoms with Gasteiger partial charge in [0.2, 0.25) is 15.9 Å². The minimum atomic E-state index is -3.39. The maximum absolute atomic E-state index is 11.9. The second kappa shape index (κ2) is 8.01. The van der Waals surface area contributed by atoms with Crippen LogP contribution in [0.4, 0.5) is 6.01 Å². The molecule has 1 aromatic carbocycles. The van der Waals surface area contributed by atoms with E-state index in [1.54, 1.807) is 0 Å². The van der Waals surface area contributed by atoms with E-state index in [2.05, 4.69) is 26.8 Å². The number of aromatic nitrogens is 2. The average Bonchev–Trinajstić information content (AvgIpc) is 3.10. The number of nitrogens with zero attached hydrogens (tertiary/aromatic N) is 2. The minimum absolute atomic E-state index is 0.0129. The first kappa shape index (κ1) is 18.6. The summed E-state index contributed by atoms with van der Waals surface area (Å²) in [7, 11) is -3.39. The molecule has 26 heavy (non-hydrogen) atoms. The predicted molar refractivity (Wildman–Crippen MR) is 101 cm³/mol. The zero-order chi connectivity index (χ0) is 18.6. The molecule has 0 radical (unpaired) electrons. The molecule has 1 heterocycles. The van der Waals surface area contributed by atoms with Crippen molar-refractivity contribution in [3.8, 4) is 11.5 Å². The Morgan fingerprint density at radius 3 is 2.54 bits per heavy atom. The summed E-state index contributed by atoms with van der Waals surface area (Å²) in [5, 5.41) is 11.3. The van der Waals surface area contributed by atoms with Crippen LogP contribution >= 0.6 is 0 Å². The predicted octanol–water partition coefficient (Wildman–Crippen LogP) is 3.16. The summed E-state index contributed by atoms with van der Waals surface area (Å²) in [6.45, 7) is 5.75. The molecular weight excluding hydrogens is 352 g/mol. The van der Waals surface area contributed by atoms with Gasteiger partial charge in [-0.05, 0) is 50.7 Å². The summed E-state index contributed by atoms with van der Waals surface area (Å²) in [6, 6.07) is 10.0. The third-order valence-corrected chi connectivity index (χ3v) is 6.18. The van der Waals surface area contributed by atoms with E-state index in [1.165, 1.54) is 6.92 Å². The van der Waals surface area contributed by atoms with Crippen molar-refractivity contribution in [3.05, 3.63) is 41.8 Å². The van der Waals surface area contributed by atoms with Crippen LogP contribution < -0.4 is 10.0 Å². The first-order chi connectivity index (χ1) is 12.4. The van der Waals surface area contributed by atoms with Crippen LogP contribution in [-0.4, -0.2) is 31.2 Å². The van der Waals surface area contributed by atoms with E-state index in [1.807, 2.05) is 30.3 Å². The Bertz CT molecular complexity index is 840. The topological polar surface area (TPSA) is 97.1 Å². The van der Waals surface area contributed by atoms with Crippen LogP contribution in [-0.2, 0) is 10.0 Å². The van der Waals surface area contributed by atoms with Gasteiger partial charge in [-0.25, -0.2) is 13.1 Å². The van der Waals surface area contributed by atoms with Crippen LogP contribution in [0.2, 0.25) is 0 Å². The second-order valence-corrected chi connectivity index (χ2v) is 8.64. The zero-order valence-electron chi connectivity index (χ0n) is 14.8. The van der Waals surface area contributed by atoms with Gasteiger partial charge < -0.3 is 9.73 Å². The third-order valence-electron chi connectivity index (χ3n) is 4.62. The molecule has 3 rings (SSSR count). The Morgan fingerprint density at radius 1 is 1.19 bits per heavy atom. The van der Waals surface area contributed by atoms with Gasteiger partial charge in [-0.15, -0.1) is 5.10 Å². The van der Waals surface area contributed by atoms with E-state index in [9.17, 15) is 8.42 Å². The van der Waals surface area contributed by atoms with E-state index in [-0.39, 0.29) is 10.9 Å². The molecule has 7 nitrogen and oxygen atoms in total. The van der Waals surface area contributed by atoms with Gasteiger partial charge in [0.25, 0.3) is 0 Å². The molecule has 2 aromatic rings. The standard InChI is InChI=1S/C18H24N4O3S/c1-13(2)26(23,24)22-16-10-8-14(9-11-16)12-19-18-21-20-17(25-18)15-6-4-3-5-7-15/h3-7,14,16,22H,1,8-12H2,2H3,(H,19,21). The van der Waals surface area contributed by atoms with Crippen LogP contribution in [0, 0.1) is 5.92 Å². The van der Waals surface area contributed by atoms with Crippen molar-refractivity contribution in [2.24, 2.45) is 5.92 Å². The van der Waals surface area contributed by atoms with Crippen molar-refractivity contribution < 1.29 is 12.8 Å². The number of hydrogen-bond donors (Lipinski definition) is 2. The summed E-state index contributed by atoms with van der Waals surface area (Å²) < 4.78 is 32.1. The Hall–Kier alpha value is -2.19. The number of sulfonamides is 1. The third kappa shape index (κ3) is 4.70. The van der Waals surface area contributed by atoms with Gasteiger partial charge in [0.15, 0.2) is 0 Å². The largest absolute Gasteiger partial charge is 0.403 e. The van der Waals surface area contributed by atoms with E-state index in [0.717, 1.165) is 37.8 Å². The molecule has 140 valence electrons. The molecule has 0 bridgehead atoms. The molecule has 0 spiro atoms. The van der Waals surface area contributed by atoms with Crippen molar-refractivity contribution in [3.63, 3.8) is 0 Å². The molecule has 2 N–H and O–H groups in total. The van der Waals surface area contributed by atoms with Crippen LogP contribution in [0.1, 0.15) is 32.6 Å². The summed E-state index contributed by atoms with van der Waals surface area (Å²) in [6.07, 6.45) is 3.52. The van der Waals surface area contributed by atoms with Gasteiger partial charge >= 0.3 is 6.01 Å². The maximum Gasteiger partial charge on any atom is 0.315 e. The highest BCUT2D eigenvalue weighted by atomic mass is 32.2. The van der Waals surface area contributed by atoms with Crippen molar-refractivity contribution >= 4 is 16.0 Å². The number of hydrogen-bond acceptors (Lipinski definition) is 6. The highest BCUT2D eigenvalue weighted by molar-refractivity contribution is 7.93. The number of rotatable bonds is 7. The van der Waals surface area contributed by atoms with E-state index < -0.39 is 10.0 Å². The number of allylic oxidation sites excluding steroid dienone is 1. The fraction of sp³-hybridized carbons (Fsp3) is 0.444. The smallest absolute Gasteiger partial charge is 0.315 e.